The van der Waals surface area contributed by atoms with Crippen LogP contribution in [0.15, 0.2) is 45.7 Å². The van der Waals surface area contributed by atoms with Gasteiger partial charge >= 0.3 is 6.03 Å². The summed E-state index contributed by atoms with van der Waals surface area (Å²) in [5.74, 6) is -2.90. The number of fused-ring (bicyclic) bond motifs is 1. The first-order valence-corrected chi connectivity index (χ1v) is 8.57. The first-order valence-electron chi connectivity index (χ1n) is 7.77. The number of hydrogen-bond donors (Lipinski definition) is 3. The fourth-order valence-electron chi connectivity index (χ4n) is 3.14. The molecule has 1 saturated heterocycles. The maximum Gasteiger partial charge on any atom is 0.322 e. The second-order valence-electron chi connectivity index (χ2n) is 6.14. The SMILES string of the molecule is O=C1NC(=O)C(Cn2[nH]c3cc(F)c(F)cc3c2=O)(c2ccc(Br)cc2)N1. The first-order chi connectivity index (χ1) is 12.8. The molecule has 0 aliphatic carbocycles. The van der Waals surface area contributed by atoms with Crippen LogP contribution in [0.25, 0.3) is 10.9 Å². The number of benzene rings is 2. The van der Waals surface area contributed by atoms with Gasteiger partial charge in [-0.15, -0.1) is 0 Å². The third-order valence-electron chi connectivity index (χ3n) is 4.47. The number of rotatable bonds is 3. The maximum absolute atomic E-state index is 13.5. The normalized spacial score (nSPS) is 19.4. The van der Waals surface area contributed by atoms with E-state index < -0.39 is 34.7 Å². The van der Waals surface area contributed by atoms with E-state index in [2.05, 4.69) is 31.7 Å². The van der Waals surface area contributed by atoms with Gasteiger partial charge in [0.25, 0.3) is 11.5 Å². The van der Waals surface area contributed by atoms with Crippen LogP contribution in [0.1, 0.15) is 5.56 Å². The minimum Gasteiger partial charge on any atom is -0.318 e. The Labute approximate surface area is 158 Å². The lowest BCUT2D eigenvalue weighted by molar-refractivity contribution is -0.124. The van der Waals surface area contributed by atoms with Crippen LogP contribution in [0.4, 0.5) is 13.6 Å². The van der Waals surface area contributed by atoms with Crippen LogP contribution >= 0.6 is 15.9 Å². The fraction of sp³-hybridized carbons (Fsp3) is 0.118. The number of halogens is 3. The standard InChI is InChI=1S/C17H11BrF2N4O3/c18-9-3-1-8(2-4-9)17(15(26)21-16(27)22-17)7-24-14(25)10-5-11(19)12(20)6-13(10)23-24/h1-6,23H,7H2,(H2,21,22,26,27). The summed E-state index contributed by atoms with van der Waals surface area (Å²) in [5.41, 5.74) is -1.68. The zero-order valence-corrected chi connectivity index (χ0v) is 15.1. The highest BCUT2D eigenvalue weighted by Crippen LogP contribution is 2.28. The van der Waals surface area contributed by atoms with Crippen LogP contribution < -0.4 is 16.2 Å². The highest BCUT2D eigenvalue weighted by atomic mass is 79.9. The molecule has 0 radical (unpaired) electrons. The lowest BCUT2D eigenvalue weighted by Gasteiger charge is -2.26. The summed E-state index contributed by atoms with van der Waals surface area (Å²) in [6, 6.07) is 7.58. The second kappa shape index (κ2) is 6.02. The predicted octanol–water partition coefficient (Wildman–Crippen LogP) is 2.11. The lowest BCUT2D eigenvalue weighted by Crippen LogP contribution is -2.49. The van der Waals surface area contributed by atoms with Crippen molar-refractivity contribution in [3.8, 4) is 0 Å². The molecule has 3 aromatic rings. The Bertz CT molecular complexity index is 1160. The van der Waals surface area contributed by atoms with Gasteiger partial charge in [0.05, 0.1) is 17.4 Å². The molecule has 1 aliphatic heterocycles. The van der Waals surface area contributed by atoms with E-state index in [1.807, 2.05) is 0 Å². The molecule has 1 unspecified atom stereocenters. The Morgan fingerprint density at radius 3 is 2.33 bits per heavy atom. The summed E-state index contributed by atoms with van der Waals surface area (Å²) >= 11 is 3.29. The van der Waals surface area contributed by atoms with Crippen molar-refractivity contribution in [2.75, 3.05) is 0 Å². The smallest absolute Gasteiger partial charge is 0.318 e. The lowest BCUT2D eigenvalue weighted by atomic mass is 9.90. The van der Waals surface area contributed by atoms with Gasteiger partial charge in [-0.25, -0.2) is 18.3 Å². The molecule has 1 aliphatic rings. The first kappa shape index (κ1) is 17.4. The topological polar surface area (TPSA) is 96.0 Å². The molecule has 0 spiro atoms. The van der Waals surface area contributed by atoms with Gasteiger partial charge in [0.1, 0.15) is 0 Å². The summed E-state index contributed by atoms with van der Waals surface area (Å²) in [4.78, 5) is 37.0. The van der Waals surface area contributed by atoms with E-state index in [1.165, 1.54) is 0 Å². The molecule has 10 heteroatoms. The quantitative estimate of drug-likeness (QED) is 0.548. The van der Waals surface area contributed by atoms with Crippen molar-refractivity contribution >= 4 is 38.8 Å². The number of aromatic nitrogens is 2. The number of hydrogen-bond acceptors (Lipinski definition) is 3. The Morgan fingerprint density at radius 2 is 1.70 bits per heavy atom. The molecule has 1 aromatic heterocycles. The molecule has 1 atom stereocenters. The van der Waals surface area contributed by atoms with Gasteiger partial charge < -0.3 is 5.32 Å². The van der Waals surface area contributed by atoms with Crippen molar-refractivity contribution < 1.29 is 18.4 Å². The number of imide groups is 1. The third-order valence-corrected chi connectivity index (χ3v) is 4.99. The van der Waals surface area contributed by atoms with E-state index in [1.54, 1.807) is 24.3 Å². The van der Waals surface area contributed by atoms with E-state index in [-0.39, 0.29) is 17.4 Å². The molecule has 2 heterocycles. The largest absolute Gasteiger partial charge is 0.322 e. The van der Waals surface area contributed by atoms with Crippen molar-refractivity contribution in [1.82, 2.24) is 20.4 Å². The number of carbonyl (C=O) groups excluding carboxylic acids is 2. The maximum atomic E-state index is 13.5. The zero-order chi connectivity index (χ0) is 19.3. The number of H-pyrrole nitrogens is 1. The number of nitrogens with zero attached hydrogens (tertiary/aromatic N) is 1. The molecule has 3 N–H and O–H groups in total. The van der Waals surface area contributed by atoms with E-state index in [4.69, 9.17) is 0 Å². The van der Waals surface area contributed by atoms with Crippen molar-refractivity contribution in [2.24, 2.45) is 0 Å². The Morgan fingerprint density at radius 1 is 1.04 bits per heavy atom. The monoisotopic (exact) mass is 436 g/mol. The molecule has 7 nitrogen and oxygen atoms in total. The Hall–Kier alpha value is -3.01. The van der Waals surface area contributed by atoms with Crippen LogP contribution in [0.3, 0.4) is 0 Å². The second-order valence-corrected chi connectivity index (χ2v) is 7.05. The summed E-state index contributed by atoms with van der Waals surface area (Å²) in [6.45, 7) is -0.289. The van der Waals surface area contributed by atoms with Crippen molar-refractivity contribution in [3.63, 3.8) is 0 Å². The zero-order valence-electron chi connectivity index (χ0n) is 13.5. The summed E-state index contributed by atoms with van der Waals surface area (Å²) in [5, 5.41) is 7.31. The minimum absolute atomic E-state index is 0.0652. The number of amides is 3. The summed E-state index contributed by atoms with van der Waals surface area (Å²) < 4.78 is 28.7. The van der Waals surface area contributed by atoms with E-state index in [9.17, 15) is 23.2 Å². The molecule has 0 saturated carbocycles. The van der Waals surface area contributed by atoms with Crippen LogP contribution in [-0.4, -0.2) is 21.7 Å². The van der Waals surface area contributed by atoms with Crippen LogP contribution in [-0.2, 0) is 16.9 Å². The molecular weight excluding hydrogens is 426 g/mol. The fourth-order valence-corrected chi connectivity index (χ4v) is 3.40. The van der Waals surface area contributed by atoms with Crippen LogP contribution in [0.2, 0.25) is 0 Å². The third kappa shape index (κ3) is 2.72. The van der Waals surface area contributed by atoms with E-state index in [0.717, 1.165) is 21.3 Å². The van der Waals surface area contributed by atoms with Crippen molar-refractivity contribution in [2.45, 2.75) is 12.1 Å². The number of nitrogens with one attached hydrogen (secondary N) is 3. The molecule has 4 rings (SSSR count). The molecule has 138 valence electrons. The van der Waals surface area contributed by atoms with Gasteiger partial charge in [-0.3, -0.25) is 20.0 Å². The van der Waals surface area contributed by atoms with Gasteiger partial charge in [-0.05, 0) is 23.8 Å². The van der Waals surface area contributed by atoms with Gasteiger partial charge in [0.2, 0.25) is 0 Å². The van der Waals surface area contributed by atoms with Crippen LogP contribution in [0, 0.1) is 11.6 Å². The average Bonchev–Trinajstić information content (AvgIpc) is 3.06. The minimum atomic E-state index is -1.56. The molecule has 0 bridgehead atoms. The molecule has 2 aromatic carbocycles. The summed E-state index contributed by atoms with van der Waals surface area (Å²) in [7, 11) is 0. The highest BCUT2D eigenvalue weighted by Gasteiger charge is 2.48. The van der Waals surface area contributed by atoms with Gasteiger partial charge in [0.15, 0.2) is 17.2 Å². The Kier molecular flexibility index (Phi) is 3.88. The van der Waals surface area contributed by atoms with Gasteiger partial charge in [-0.2, -0.15) is 0 Å². The number of carbonyl (C=O) groups is 2. The molecular formula is C17H11BrF2N4O3. The number of aromatic amines is 1. The Balaban J connectivity index is 1.86. The molecule has 3 amide bonds. The van der Waals surface area contributed by atoms with E-state index in [0.29, 0.717) is 5.56 Å². The van der Waals surface area contributed by atoms with Crippen molar-refractivity contribution in [1.29, 1.82) is 0 Å². The van der Waals surface area contributed by atoms with Gasteiger partial charge in [-0.1, -0.05) is 28.1 Å². The number of urea groups is 1. The average molecular weight is 437 g/mol. The summed E-state index contributed by atoms with van der Waals surface area (Å²) in [6.07, 6.45) is 0. The predicted molar refractivity (Wildman–Crippen MR) is 95.0 cm³/mol. The van der Waals surface area contributed by atoms with Crippen molar-refractivity contribution in [3.05, 3.63) is 68.4 Å². The van der Waals surface area contributed by atoms with Crippen LogP contribution in [0.5, 0.6) is 0 Å². The molecule has 27 heavy (non-hydrogen) atoms. The highest BCUT2D eigenvalue weighted by molar-refractivity contribution is 9.10. The molecule has 1 fully saturated rings. The van der Waals surface area contributed by atoms with Gasteiger partial charge in [0, 0.05) is 10.5 Å². The van der Waals surface area contributed by atoms with E-state index >= 15 is 0 Å².